The summed E-state index contributed by atoms with van der Waals surface area (Å²) in [4.78, 5) is 24.9. The Labute approximate surface area is 277 Å². The zero-order chi connectivity index (χ0) is 31.7. The quantitative estimate of drug-likeness (QED) is 0.184. The molecule has 0 aliphatic rings. The van der Waals surface area contributed by atoms with Crippen molar-refractivity contribution in [3.05, 3.63) is 151 Å². The van der Waals surface area contributed by atoms with E-state index in [0.29, 0.717) is 17.5 Å². The zero-order valence-electron chi connectivity index (χ0n) is 25.9. The summed E-state index contributed by atoms with van der Waals surface area (Å²) in [5.41, 5.74) is 11.1. The number of pyridine rings is 1. The van der Waals surface area contributed by atoms with E-state index in [0.717, 1.165) is 71.1 Å². The Bertz CT molecular complexity index is 2310. The molecule has 0 spiro atoms. The summed E-state index contributed by atoms with van der Waals surface area (Å²) in [5.74, 6) is 1.88. The van der Waals surface area contributed by atoms with Crippen LogP contribution in [-0.2, 0) is 0 Å². The van der Waals surface area contributed by atoms with E-state index < -0.39 is 0 Å². The van der Waals surface area contributed by atoms with Crippen LogP contribution in [0.4, 0.5) is 0 Å². The third-order valence-corrected chi connectivity index (χ3v) is 9.29. The van der Waals surface area contributed by atoms with Crippen molar-refractivity contribution in [3.63, 3.8) is 0 Å². The van der Waals surface area contributed by atoms with Crippen LogP contribution in [0.2, 0.25) is 0 Å². The predicted octanol–water partition coefficient (Wildman–Crippen LogP) is 10.5. The number of benzene rings is 5. The highest BCUT2D eigenvalue weighted by molar-refractivity contribution is 7.21. The molecule has 47 heavy (non-hydrogen) atoms. The maximum atomic E-state index is 5.17. The van der Waals surface area contributed by atoms with E-state index in [1.54, 1.807) is 11.3 Å². The maximum Gasteiger partial charge on any atom is 0.164 e. The molecule has 3 aromatic heterocycles. The van der Waals surface area contributed by atoms with Crippen LogP contribution in [0.25, 0.3) is 77.2 Å². The van der Waals surface area contributed by atoms with Crippen molar-refractivity contribution in [2.75, 3.05) is 0 Å². The largest absolute Gasteiger partial charge is 0.258 e. The van der Waals surface area contributed by atoms with Gasteiger partial charge in [0.25, 0.3) is 0 Å². The fraction of sp³-hybridized carbons (Fsp3) is 0.0488. The SMILES string of the molecule is Cc1ccc(-c2cc(-c3nc(-c4ccccc4)nc(-c4ccccc4)n3)ccc2-c2cccc3sc(-c4ccccc4)nc23)c(C)n1. The number of thiazole rings is 1. The van der Waals surface area contributed by atoms with Gasteiger partial charge < -0.3 is 0 Å². The van der Waals surface area contributed by atoms with Crippen molar-refractivity contribution in [1.29, 1.82) is 0 Å². The molecule has 0 atom stereocenters. The molecule has 0 bridgehead atoms. The highest BCUT2D eigenvalue weighted by Gasteiger charge is 2.19. The first-order valence-electron chi connectivity index (χ1n) is 15.5. The van der Waals surface area contributed by atoms with E-state index in [9.17, 15) is 0 Å². The Balaban J connectivity index is 1.34. The summed E-state index contributed by atoms with van der Waals surface area (Å²) in [6, 6.07) is 47.6. The molecule has 0 fully saturated rings. The van der Waals surface area contributed by atoms with Gasteiger partial charge in [0.15, 0.2) is 17.5 Å². The van der Waals surface area contributed by atoms with E-state index in [1.807, 2.05) is 73.7 Å². The van der Waals surface area contributed by atoms with Crippen molar-refractivity contribution in [3.8, 4) is 67.0 Å². The molecule has 8 aromatic rings. The molecule has 0 unspecified atom stereocenters. The van der Waals surface area contributed by atoms with E-state index in [4.69, 9.17) is 24.9 Å². The molecule has 224 valence electrons. The molecule has 0 amide bonds. The second kappa shape index (κ2) is 12.2. The van der Waals surface area contributed by atoms with Gasteiger partial charge in [-0.05, 0) is 43.2 Å². The smallest absolute Gasteiger partial charge is 0.164 e. The molecule has 0 N–H and O–H groups in total. The zero-order valence-corrected chi connectivity index (χ0v) is 26.7. The summed E-state index contributed by atoms with van der Waals surface area (Å²) in [6.07, 6.45) is 0. The number of aryl methyl sites for hydroxylation is 2. The molecular weight excluding hydrogens is 595 g/mol. The van der Waals surface area contributed by atoms with Crippen molar-refractivity contribution >= 4 is 21.6 Å². The van der Waals surface area contributed by atoms with Gasteiger partial charge in [-0.2, -0.15) is 0 Å². The fourth-order valence-corrected chi connectivity index (χ4v) is 6.92. The standard InChI is InChI=1S/C41H29N5S/c1-26-21-23-32(27(2)42-26)35-25-31(40-45-38(28-13-6-3-7-14-28)44-39(46-40)29-15-8-4-9-16-29)22-24-33(35)34-19-12-20-36-37(34)43-41(47-36)30-17-10-5-11-18-30/h3-25H,1-2H3. The van der Waals surface area contributed by atoms with Gasteiger partial charge in [-0.15, -0.1) is 11.3 Å². The minimum absolute atomic E-state index is 0.612. The van der Waals surface area contributed by atoms with E-state index >= 15 is 0 Å². The van der Waals surface area contributed by atoms with Crippen LogP contribution in [-0.4, -0.2) is 24.9 Å². The number of aromatic nitrogens is 5. The lowest BCUT2D eigenvalue weighted by atomic mass is 9.91. The predicted molar refractivity (Wildman–Crippen MR) is 193 cm³/mol. The number of hydrogen-bond donors (Lipinski definition) is 0. The molecule has 8 rings (SSSR count). The Morgan fingerprint density at radius 3 is 1.60 bits per heavy atom. The van der Waals surface area contributed by atoms with Gasteiger partial charge >= 0.3 is 0 Å². The van der Waals surface area contributed by atoms with Gasteiger partial charge in [0.05, 0.1) is 10.2 Å². The first kappa shape index (κ1) is 28.6. The van der Waals surface area contributed by atoms with Crippen molar-refractivity contribution in [1.82, 2.24) is 24.9 Å². The summed E-state index contributed by atoms with van der Waals surface area (Å²) >= 11 is 1.71. The molecule has 5 aromatic carbocycles. The second-order valence-corrected chi connectivity index (χ2v) is 12.5. The van der Waals surface area contributed by atoms with E-state index in [-0.39, 0.29) is 0 Å². The number of para-hydroxylation sites is 1. The fourth-order valence-electron chi connectivity index (χ4n) is 5.92. The van der Waals surface area contributed by atoms with Gasteiger partial charge in [0.2, 0.25) is 0 Å². The van der Waals surface area contributed by atoms with Gasteiger partial charge in [-0.25, -0.2) is 19.9 Å². The van der Waals surface area contributed by atoms with E-state index in [1.165, 1.54) is 0 Å². The number of hydrogen-bond acceptors (Lipinski definition) is 6. The summed E-state index contributed by atoms with van der Waals surface area (Å²) in [7, 11) is 0. The average molecular weight is 624 g/mol. The monoisotopic (exact) mass is 623 g/mol. The summed E-state index contributed by atoms with van der Waals surface area (Å²) < 4.78 is 1.15. The van der Waals surface area contributed by atoms with Gasteiger partial charge in [0.1, 0.15) is 5.01 Å². The normalized spacial score (nSPS) is 11.2. The molecule has 0 aliphatic heterocycles. The van der Waals surface area contributed by atoms with Crippen LogP contribution in [0.15, 0.2) is 140 Å². The molecule has 3 heterocycles. The minimum atomic E-state index is 0.612. The second-order valence-electron chi connectivity index (χ2n) is 11.4. The average Bonchev–Trinajstić information content (AvgIpc) is 3.57. The maximum absolute atomic E-state index is 5.17. The number of rotatable bonds is 6. The van der Waals surface area contributed by atoms with Gasteiger partial charge in [-0.3, -0.25) is 4.98 Å². The number of fused-ring (bicyclic) bond motifs is 1. The van der Waals surface area contributed by atoms with Crippen molar-refractivity contribution < 1.29 is 0 Å². The third-order valence-electron chi connectivity index (χ3n) is 8.22. The topological polar surface area (TPSA) is 64.5 Å². The molecule has 0 saturated heterocycles. The Morgan fingerprint density at radius 1 is 0.404 bits per heavy atom. The highest BCUT2D eigenvalue weighted by Crippen LogP contribution is 2.41. The number of nitrogens with zero attached hydrogens (tertiary/aromatic N) is 5. The molecule has 0 aliphatic carbocycles. The summed E-state index contributed by atoms with van der Waals surface area (Å²) in [5, 5.41) is 1.01. The van der Waals surface area contributed by atoms with Crippen LogP contribution >= 0.6 is 11.3 Å². The van der Waals surface area contributed by atoms with Crippen molar-refractivity contribution in [2.45, 2.75) is 13.8 Å². The lowest BCUT2D eigenvalue weighted by Gasteiger charge is -2.15. The Kier molecular flexibility index (Phi) is 7.40. The van der Waals surface area contributed by atoms with Crippen LogP contribution in [0.1, 0.15) is 11.4 Å². The van der Waals surface area contributed by atoms with Crippen LogP contribution < -0.4 is 0 Å². The van der Waals surface area contributed by atoms with Crippen LogP contribution in [0.3, 0.4) is 0 Å². The lowest BCUT2D eigenvalue weighted by molar-refractivity contribution is 1.07. The first-order valence-corrected chi connectivity index (χ1v) is 16.3. The first-order chi connectivity index (χ1) is 23.1. The van der Waals surface area contributed by atoms with Crippen LogP contribution in [0.5, 0.6) is 0 Å². The van der Waals surface area contributed by atoms with Crippen molar-refractivity contribution in [2.24, 2.45) is 0 Å². The van der Waals surface area contributed by atoms with Gasteiger partial charge in [0, 0.05) is 44.8 Å². The molecular formula is C41H29N5S. The van der Waals surface area contributed by atoms with E-state index in [2.05, 4.69) is 79.7 Å². The molecule has 0 saturated carbocycles. The van der Waals surface area contributed by atoms with Gasteiger partial charge in [-0.1, -0.05) is 121 Å². The molecule has 0 radical (unpaired) electrons. The molecule has 5 nitrogen and oxygen atoms in total. The Hall–Kier alpha value is -5.85. The van der Waals surface area contributed by atoms with Crippen LogP contribution in [0, 0.1) is 13.8 Å². The highest BCUT2D eigenvalue weighted by atomic mass is 32.1. The molecule has 6 heteroatoms. The summed E-state index contributed by atoms with van der Waals surface area (Å²) in [6.45, 7) is 4.09. The Morgan fingerprint density at radius 2 is 0.979 bits per heavy atom. The lowest BCUT2D eigenvalue weighted by Crippen LogP contribution is -2.01. The third kappa shape index (κ3) is 5.60. The minimum Gasteiger partial charge on any atom is -0.258 e.